The molecular weight excluding hydrogens is 396 g/mol. The van der Waals surface area contributed by atoms with E-state index in [0.717, 1.165) is 71.9 Å². The molecule has 0 saturated heterocycles. The molecule has 3 N–H and O–H groups in total. The largest absolute Gasteiger partial charge is 0.508 e. The van der Waals surface area contributed by atoms with Gasteiger partial charge in [-0.2, -0.15) is 0 Å². The van der Waals surface area contributed by atoms with Gasteiger partial charge in [-0.3, -0.25) is 0 Å². The third-order valence-corrected chi connectivity index (χ3v) is 5.56. The molecule has 0 radical (unpaired) electrons. The van der Waals surface area contributed by atoms with Crippen LogP contribution in [0.5, 0.6) is 17.2 Å². The number of hydrogen-bond donors (Lipinski definition) is 3. The topological polar surface area (TPSA) is 60.7 Å². The Labute approximate surface area is 193 Å². The highest BCUT2D eigenvalue weighted by atomic mass is 16.3. The Morgan fingerprint density at radius 2 is 1.00 bits per heavy atom. The minimum absolute atomic E-state index is 0.322. The van der Waals surface area contributed by atoms with E-state index in [9.17, 15) is 10.2 Å². The molecule has 0 aliphatic rings. The second-order valence-corrected chi connectivity index (χ2v) is 8.58. The molecule has 3 heteroatoms. The fourth-order valence-electron chi connectivity index (χ4n) is 3.89. The number of rotatable bonds is 8. The molecule has 32 heavy (non-hydrogen) atoms. The first-order valence-electron chi connectivity index (χ1n) is 11.7. The van der Waals surface area contributed by atoms with Crippen LogP contribution in [-0.4, -0.2) is 15.3 Å². The van der Waals surface area contributed by atoms with Crippen molar-refractivity contribution in [1.29, 1.82) is 0 Å². The Kier molecular flexibility index (Phi) is 10.1. The zero-order valence-corrected chi connectivity index (χ0v) is 20.0. The van der Waals surface area contributed by atoms with Crippen LogP contribution < -0.4 is 0 Å². The first-order chi connectivity index (χ1) is 15.3. The smallest absolute Gasteiger partial charge is 0.122 e. The van der Waals surface area contributed by atoms with Crippen LogP contribution in [0.4, 0.5) is 0 Å². The summed E-state index contributed by atoms with van der Waals surface area (Å²) in [4.78, 5) is 0. The minimum Gasteiger partial charge on any atom is -0.508 e. The van der Waals surface area contributed by atoms with Gasteiger partial charge < -0.3 is 15.3 Å². The SMILES string of the molecule is CCCCc1cc(C)cc(Cc2cc(C)cc(CCCC)c2O)c1O.Oc1ccccc1. The van der Waals surface area contributed by atoms with E-state index in [2.05, 4.69) is 39.8 Å². The maximum absolute atomic E-state index is 10.7. The van der Waals surface area contributed by atoms with E-state index in [1.807, 2.05) is 18.2 Å². The van der Waals surface area contributed by atoms with Gasteiger partial charge >= 0.3 is 0 Å². The molecule has 0 amide bonds. The first kappa shape index (κ1) is 25.3. The summed E-state index contributed by atoms with van der Waals surface area (Å²) >= 11 is 0. The molecule has 0 fully saturated rings. The van der Waals surface area contributed by atoms with Gasteiger partial charge in [-0.1, -0.05) is 80.3 Å². The molecule has 3 nitrogen and oxygen atoms in total. The van der Waals surface area contributed by atoms with E-state index in [0.29, 0.717) is 23.7 Å². The van der Waals surface area contributed by atoms with Crippen molar-refractivity contribution < 1.29 is 15.3 Å². The Bertz CT molecular complexity index is 916. The quantitative estimate of drug-likeness (QED) is 0.346. The van der Waals surface area contributed by atoms with Crippen LogP contribution in [0.25, 0.3) is 0 Å². The van der Waals surface area contributed by atoms with Gasteiger partial charge in [0.1, 0.15) is 17.2 Å². The van der Waals surface area contributed by atoms with Gasteiger partial charge in [0.25, 0.3) is 0 Å². The fourth-order valence-corrected chi connectivity index (χ4v) is 3.89. The summed E-state index contributed by atoms with van der Waals surface area (Å²) in [5, 5.41) is 30.0. The molecule has 0 bridgehead atoms. The van der Waals surface area contributed by atoms with Crippen LogP contribution in [-0.2, 0) is 19.3 Å². The van der Waals surface area contributed by atoms with Crippen LogP contribution in [0.1, 0.15) is 72.9 Å². The Balaban J connectivity index is 0.000000439. The lowest BCUT2D eigenvalue weighted by Gasteiger charge is -2.15. The van der Waals surface area contributed by atoms with E-state index in [1.165, 1.54) is 0 Å². The Morgan fingerprint density at radius 3 is 1.34 bits per heavy atom. The second kappa shape index (κ2) is 12.8. The summed E-state index contributed by atoms with van der Waals surface area (Å²) in [6.45, 7) is 8.47. The lowest BCUT2D eigenvalue weighted by atomic mass is 9.93. The number of phenols is 3. The maximum Gasteiger partial charge on any atom is 0.122 e. The molecule has 0 saturated carbocycles. The highest BCUT2D eigenvalue weighted by Gasteiger charge is 2.14. The van der Waals surface area contributed by atoms with Gasteiger partial charge in [0.05, 0.1) is 0 Å². The summed E-state index contributed by atoms with van der Waals surface area (Å²) < 4.78 is 0. The fraction of sp³-hybridized carbons (Fsp3) is 0.379. The lowest BCUT2D eigenvalue weighted by Crippen LogP contribution is -1.98. The number of phenolic OH excluding ortho intramolecular Hbond substituents is 3. The summed E-state index contributed by atoms with van der Waals surface area (Å²) in [5.74, 6) is 1.12. The van der Waals surface area contributed by atoms with Crippen molar-refractivity contribution in [2.75, 3.05) is 0 Å². The van der Waals surface area contributed by atoms with Crippen LogP contribution in [0.2, 0.25) is 0 Å². The van der Waals surface area contributed by atoms with Gasteiger partial charge in [-0.25, -0.2) is 0 Å². The molecule has 0 aromatic heterocycles. The Morgan fingerprint density at radius 1 is 0.594 bits per heavy atom. The molecule has 3 aromatic rings. The molecule has 0 aliphatic carbocycles. The molecule has 0 heterocycles. The highest BCUT2D eigenvalue weighted by Crippen LogP contribution is 2.33. The van der Waals surface area contributed by atoms with Crippen LogP contribution in [0, 0.1) is 13.8 Å². The number of para-hydroxylation sites is 1. The summed E-state index contributed by atoms with van der Waals surface area (Å²) in [6.07, 6.45) is 6.75. The average Bonchev–Trinajstić information content (AvgIpc) is 2.77. The van der Waals surface area contributed by atoms with Gasteiger partial charge in [-0.05, 0) is 73.9 Å². The lowest BCUT2D eigenvalue weighted by molar-refractivity contribution is 0.454. The zero-order chi connectivity index (χ0) is 23.5. The Hall–Kier alpha value is -2.94. The summed E-state index contributed by atoms with van der Waals surface area (Å²) in [5.41, 5.74) is 6.20. The third kappa shape index (κ3) is 7.64. The predicted molar refractivity (Wildman–Crippen MR) is 134 cm³/mol. The van der Waals surface area contributed by atoms with Gasteiger partial charge in [0.15, 0.2) is 0 Å². The minimum atomic E-state index is 0.322. The van der Waals surface area contributed by atoms with E-state index in [1.54, 1.807) is 24.3 Å². The normalized spacial score (nSPS) is 10.5. The number of aryl methyl sites for hydroxylation is 4. The van der Waals surface area contributed by atoms with Gasteiger partial charge in [0.2, 0.25) is 0 Å². The van der Waals surface area contributed by atoms with Crippen LogP contribution in [0.15, 0.2) is 54.6 Å². The van der Waals surface area contributed by atoms with Crippen molar-refractivity contribution >= 4 is 0 Å². The van der Waals surface area contributed by atoms with Crippen LogP contribution >= 0.6 is 0 Å². The molecular formula is C29H38O3. The van der Waals surface area contributed by atoms with Gasteiger partial charge in [-0.15, -0.1) is 0 Å². The van der Waals surface area contributed by atoms with E-state index >= 15 is 0 Å². The van der Waals surface area contributed by atoms with Gasteiger partial charge in [0, 0.05) is 6.42 Å². The molecule has 3 aromatic carbocycles. The highest BCUT2D eigenvalue weighted by molar-refractivity contribution is 5.50. The van der Waals surface area contributed by atoms with Crippen molar-refractivity contribution in [2.24, 2.45) is 0 Å². The molecule has 0 atom stereocenters. The standard InChI is InChI=1S/C23H32O2.C6H6O/c1-5-7-9-18-11-16(3)13-20(22(18)24)15-21-14-17(4)12-19(23(21)25)10-8-6-2;7-6-4-2-1-3-5-6/h11-14,24-25H,5-10,15H2,1-4H3;1-5,7H. The number of aromatic hydroxyl groups is 3. The zero-order valence-electron chi connectivity index (χ0n) is 20.0. The van der Waals surface area contributed by atoms with Crippen LogP contribution in [0.3, 0.4) is 0 Å². The van der Waals surface area contributed by atoms with Crippen molar-refractivity contribution in [3.63, 3.8) is 0 Å². The van der Waals surface area contributed by atoms with E-state index < -0.39 is 0 Å². The van der Waals surface area contributed by atoms with E-state index in [4.69, 9.17) is 5.11 Å². The third-order valence-electron chi connectivity index (χ3n) is 5.56. The van der Waals surface area contributed by atoms with Crippen molar-refractivity contribution in [1.82, 2.24) is 0 Å². The van der Waals surface area contributed by atoms with Crippen molar-refractivity contribution in [3.8, 4) is 17.2 Å². The van der Waals surface area contributed by atoms with Crippen molar-refractivity contribution in [2.45, 2.75) is 72.6 Å². The van der Waals surface area contributed by atoms with E-state index in [-0.39, 0.29) is 0 Å². The summed E-state index contributed by atoms with van der Waals surface area (Å²) in [7, 11) is 0. The molecule has 3 rings (SSSR count). The number of benzene rings is 3. The average molecular weight is 435 g/mol. The number of unbranched alkanes of at least 4 members (excludes halogenated alkanes) is 2. The molecule has 0 spiro atoms. The molecule has 172 valence electrons. The molecule has 0 unspecified atom stereocenters. The molecule has 0 aliphatic heterocycles. The maximum atomic E-state index is 10.7. The summed E-state index contributed by atoms with van der Waals surface area (Å²) in [6, 6.07) is 17.0. The first-order valence-corrected chi connectivity index (χ1v) is 11.7. The second-order valence-electron chi connectivity index (χ2n) is 8.58. The predicted octanol–water partition coefficient (Wildman–Crippen LogP) is 7.38. The van der Waals surface area contributed by atoms with Crippen molar-refractivity contribution in [3.05, 3.63) is 88.0 Å². The number of hydrogen-bond acceptors (Lipinski definition) is 3. The monoisotopic (exact) mass is 434 g/mol.